The Bertz CT molecular complexity index is 762. The summed E-state index contributed by atoms with van der Waals surface area (Å²) in [5.74, 6) is -1.54. The molecule has 0 radical (unpaired) electrons. The van der Waals surface area contributed by atoms with Crippen LogP contribution in [-0.4, -0.2) is 19.2 Å². The van der Waals surface area contributed by atoms with Crippen LogP contribution in [-0.2, 0) is 4.79 Å². The summed E-state index contributed by atoms with van der Waals surface area (Å²) in [6.45, 7) is 0. The van der Waals surface area contributed by atoms with Gasteiger partial charge in [0.25, 0.3) is 0 Å². The van der Waals surface area contributed by atoms with E-state index in [4.69, 9.17) is 4.74 Å². The minimum atomic E-state index is -5.01. The van der Waals surface area contributed by atoms with Gasteiger partial charge in [-0.15, -0.1) is 0 Å². The molecular weight excluding hydrogens is 309 g/mol. The maximum atomic E-state index is 12.5. The first-order valence-electron chi connectivity index (χ1n) is 6.42. The maximum Gasteiger partial charge on any atom is 0.471 e. The highest BCUT2D eigenvalue weighted by Crippen LogP contribution is 2.33. The number of amides is 1. The van der Waals surface area contributed by atoms with Crippen LogP contribution in [0, 0.1) is 11.3 Å². The molecule has 4 nitrogen and oxygen atoms in total. The first-order valence-corrected chi connectivity index (χ1v) is 6.42. The molecule has 1 amide bonds. The van der Waals surface area contributed by atoms with E-state index in [2.05, 4.69) is 0 Å². The maximum absolute atomic E-state index is 12.5. The number of nitrogens with one attached hydrogen (secondary N) is 1. The van der Waals surface area contributed by atoms with Crippen LogP contribution in [0.4, 0.5) is 18.9 Å². The summed E-state index contributed by atoms with van der Waals surface area (Å²) in [4.78, 5) is 11.2. The molecule has 0 saturated heterocycles. The van der Waals surface area contributed by atoms with Crippen LogP contribution in [0.2, 0.25) is 0 Å². The zero-order chi connectivity index (χ0) is 17.0. The fourth-order valence-corrected chi connectivity index (χ4v) is 2.01. The molecule has 0 bridgehead atoms. The summed E-state index contributed by atoms with van der Waals surface area (Å²) in [5, 5.41) is 11.0. The molecule has 7 heteroatoms. The first-order chi connectivity index (χ1) is 10.9. The van der Waals surface area contributed by atoms with E-state index in [1.54, 1.807) is 29.6 Å². The lowest BCUT2D eigenvalue weighted by molar-refractivity contribution is -0.167. The van der Waals surface area contributed by atoms with Crippen LogP contribution in [0.25, 0.3) is 11.1 Å². The molecule has 1 N–H and O–H groups in total. The van der Waals surface area contributed by atoms with Crippen molar-refractivity contribution in [2.75, 3.05) is 12.4 Å². The topological polar surface area (TPSA) is 62.1 Å². The Labute approximate surface area is 130 Å². The number of hydrogen-bond acceptors (Lipinski definition) is 3. The molecule has 0 heterocycles. The lowest BCUT2D eigenvalue weighted by atomic mass is 9.98. The van der Waals surface area contributed by atoms with Crippen molar-refractivity contribution < 1.29 is 22.7 Å². The van der Waals surface area contributed by atoms with Gasteiger partial charge in [0.15, 0.2) is 0 Å². The van der Waals surface area contributed by atoms with E-state index in [1.165, 1.54) is 25.3 Å². The van der Waals surface area contributed by atoms with Crippen LogP contribution in [0.1, 0.15) is 5.56 Å². The average Bonchev–Trinajstić information content (AvgIpc) is 2.54. The largest absolute Gasteiger partial charge is 0.497 e. The molecule has 0 aliphatic heterocycles. The van der Waals surface area contributed by atoms with Gasteiger partial charge in [0.1, 0.15) is 5.75 Å². The fraction of sp³-hybridized carbons (Fsp3) is 0.125. The van der Waals surface area contributed by atoms with Gasteiger partial charge in [-0.2, -0.15) is 18.4 Å². The summed E-state index contributed by atoms with van der Waals surface area (Å²) < 4.78 is 42.4. The van der Waals surface area contributed by atoms with E-state index in [0.29, 0.717) is 11.3 Å². The van der Waals surface area contributed by atoms with Crippen LogP contribution in [0.3, 0.4) is 0 Å². The van der Waals surface area contributed by atoms with Gasteiger partial charge in [-0.1, -0.05) is 18.2 Å². The number of hydrogen-bond donors (Lipinski definition) is 1. The third kappa shape index (κ3) is 3.61. The standard InChI is InChI=1S/C16H11F3N2O2/c1-23-12-7-5-10(6-8-12)14-11(9-20)3-2-4-13(14)21-15(22)16(17,18)19/h2-8H,1H3,(H,21,22). The normalized spacial score (nSPS) is 10.7. The summed E-state index contributed by atoms with van der Waals surface area (Å²) in [7, 11) is 1.48. The molecule has 0 saturated carbocycles. The summed E-state index contributed by atoms with van der Waals surface area (Å²) in [5.41, 5.74) is 0.766. The number of carbonyl (C=O) groups is 1. The molecule has 0 aliphatic carbocycles. The molecule has 0 atom stereocenters. The van der Waals surface area contributed by atoms with Crippen molar-refractivity contribution in [3.05, 3.63) is 48.0 Å². The molecule has 2 aromatic rings. The van der Waals surface area contributed by atoms with Gasteiger partial charge in [-0.3, -0.25) is 4.79 Å². The predicted molar refractivity (Wildman–Crippen MR) is 77.8 cm³/mol. The van der Waals surface area contributed by atoms with Gasteiger partial charge >= 0.3 is 12.1 Å². The predicted octanol–water partition coefficient (Wildman–Crippen LogP) is 3.73. The fourth-order valence-electron chi connectivity index (χ4n) is 2.01. The van der Waals surface area contributed by atoms with Crippen molar-refractivity contribution >= 4 is 11.6 Å². The Hall–Kier alpha value is -3.01. The number of rotatable bonds is 3. The minimum absolute atomic E-state index is 0.0865. The van der Waals surface area contributed by atoms with Crippen LogP contribution < -0.4 is 10.1 Å². The molecule has 118 valence electrons. The second kappa shape index (κ2) is 6.40. The van der Waals surface area contributed by atoms with Gasteiger partial charge < -0.3 is 10.1 Å². The van der Waals surface area contributed by atoms with Crippen molar-refractivity contribution in [1.82, 2.24) is 0 Å². The quantitative estimate of drug-likeness (QED) is 0.937. The highest BCUT2D eigenvalue weighted by molar-refractivity contribution is 5.99. The van der Waals surface area contributed by atoms with Gasteiger partial charge in [0.05, 0.1) is 24.4 Å². The number of benzene rings is 2. The SMILES string of the molecule is COc1ccc(-c2c(C#N)cccc2NC(=O)C(F)(F)F)cc1. The summed E-state index contributed by atoms with van der Waals surface area (Å²) in [6.07, 6.45) is -5.01. The van der Waals surface area contributed by atoms with Crippen molar-refractivity contribution in [3.8, 4) is 22.9 Å². The second-order valence-corrected chi connectivity index (χ2v) is 4.52. The smallest absolute Gasteiger partial charge is 0.471 e. The van der Waals surface area contributed by atoms with E-state index in [1.807, 2.05) is 6.07 Å². The number of halogens is 3. The van der Waals surface area contributed by atoms with Gasteiger partial charge in [0.2, 0.25) is 0 Å². The van der Waals surface area contributed by atoms with Crippen molar-refractivity contribution in [2.45, 2.75) is 6.18 Å². The van der Waals surface area contributed by atoms with Crippen molar-refractivity contribution in [1.29, 1.82) is 5.26 Å². The van der Waals surface area contributed by atoms with E-state index < -0.39 is 12.1 Å². The molecule has 2 aromatic carbocycles. The lowest BCUT2D eigenvalue weighted by Crippen LogP contribution is -2.30. The van der Waals surface area contributed by atoms with E-state index in [0.717, 1.165) is 0 Å². The van der Waals surface area contributed by atoms with Gasteiger partial charge in [0, 0.05) is 5.56 Å². The van der Waals surface area contributed by atoms with E-state index in [9.17, 15) is 23.2 Å². The van der Waals surface area contributed by atoms with Crippen molar-refractivity contribution in [2.24, 2.45) is 0 Å². The molecule has 23 heavy (non-hydrogen) atoms. The van der Waals surface area contributed by atoms with Crippen LogP contribution >= 0.6 is 0 Å². The van der Waals surface area contributed by atoms with E-state index in [-0.39, 0.29) is 16.8 Å². The van der Waals surface area contributed by atoms with Crippen LogP contribution in [0.15, 0.2) is 42.5 Å². The Morgan fingerprint density at radius 3 is 2.35 bits per heavy atom. The van der Waals surface area contributed by atoms with Gasteiger partial charge in [-0.25, -0.2) is 0 Å². The van der Waals surface area contributed by atoms with E-state index >= 15 is 0 Å². The zero-order valence-corrected chi connectivity index (χ0v) is 11.9. The molecule has 2 rings (SSSR count). The lowest BCUT2D eigenvalue weighted by Gasteiger charge is -2.14. The number of methoxy groups -OCH3 is 1. The monoisotopic (exact) mass is 320 g/mol. The molecule has 0 spiro atoms. The Kier molecular flexibility index (Phi) is 4.55. The third-order valence-electron chi connectivity index (χ3n) is 3.07. The molecule has 0 aliphatic rings. The Balaban J connectivity index is 2.52. The molecular formula is C16H11F3N2O2. The zero-order valence-electron chi connectivity index (χ0n) is 11.9. The van der Waals surface area contributed by atoms with Crippen LogP contribution in [0.5, 0.6) is 5.75 Å². The molecule has 0 aromatic heterocycles. The average molecular weight is 320 g/mol. The molecule has 0 unspecified atom stereocenters. The number of alkyl halides is 3. The Morgan fingerprint density at radius 2 is 1.83 bits per heavy atom. The minimum Gasteiger partial charge on any atom is -0.497 e. The second-order valence-electron chi connectivity index (χ2n) is 4.52. The summed E-state index contributed by atoms with van der Waals surface area (Å²) in [6, 6.07) is 12.5. The van der Waals surface area contributed by atoms with Gasteiger partial charge in [-0.05, 0) is 29.8 Å². The summed E-state index contributed by atoms with van der Waals surface area (Å²) >= 11 is 0. The number of nitriles is 1. The Morgan fingerprint density at radius 1 is 1.17 bits per heavy atom. The highest BCUT2D eigenvalue weighted by Gasteiger charge is 2.39. The number of ether oxygens (including phenoxy) is 1. The first kappa shape index (κ1) is 16.4. The molecule has 0 fully saturated rings. The highest BCUT2D eigenvalue weighted by atomic mass is 19.4. The number of anilines is 1. The number of carbonyl (C=O) groups excluding carboxylic acids is 1. The third-order valence-corrected chi connectivity index (χ3v) is 3.07. The van der Waals surface area contributed by atoms with Crippen molar-refractivity contribution in [3.63, 3.8) is 0 Å². The number of nitrogens with zero attached hydrogens (tertiary/aromatic N) is 1.